The van der Waals surface area contributed by atoms with E-state index >= 15 is 0 Å². The Bertz CT molecular complexity index is 372. The zero-order chi connectivity index (χ0) is 12.5. The molecule has 5 nitrogen and oxygen atoms in total. The van der Waals surface area contributed by atoms with E-state index in [1.807, 2.05) is 6.08 Å². The monoisotopic (exact) mass is 238 g/mol. The van der Waals surface area contributed by atoms with Crippen LogP contribution in [0.15, 0.2) is 11.6 Å². The number of aliphatic carboxylic acids is 1. The van der Waals surface area contributed by atoms with Crippen LogP contribution in [0.25, 0.3) is 0 Å². The molecule has 2 amide bonds. The summed E-state index contributed by atoms with van der Waals surface area (Å²) in [7, 11) is 0. The highest BCUT2D eigenvalue weighted by molar-refractivity contribution is 5.80. The quantitative estimate of drug-likeness (QED) is 0.726. The number of hydrogen-bond donors (Lipinski definition) is 2. The van der Waals surface area contributed by atoms with Crippen molar-refractivity contribution in [1.82, 2.24) is 10.2 Å². The molecule has 2 N–H and O–H groups in total. The fourth-order valence-corrected chi connectivity index (χ4v) is 1.93. The number of carboxylic acids is 1. The van der Waals surface area contributed by atoms with Crippen molar-refractivity contribution in [2.75, 3.05) is 19.6 Å². The van der Waals surface area contributed by atoms with E-state index < -0.39 is 11.4 Å². The number of nitrogens with one attached hydrogen (secondary N) is 1. The predicted octanol–water partition coefficient (Wildman–Crippen LogP) is 1.21. The average Bonchev–Trinajstić information content (AvgIpc) is 3.08. The summed E-state index contributed by atoms with van der Waals surface area (Å²) >= 11 is 0. The van der Waals surface area contributed by atoms with Crippen molar-refractivity contribution >= 4 is 12.0 Å². The molecule has 94 valence electrons. The van der Waals surface area contributed by atoms with Crippen molar-refractivity contribution in [3.05, 3.63) is 11.6 Å². The largest absolute Gasteiger partial charge is 0.481 e. The van der Waals surface area contributed by atoms with Gasteiger partial charge in [0.05, 0.1) is 5.41 Å². The molecule has 2 rings (SSSR count). The van der Waals surface area contributed by atoms with Crippen LogP contribution in [-0.4, -0.2) is 41.6 Å². The van der Waals surface area contributed by atoms with Crippen LogP contribution in [-0.2, 0) is 4.79 Å². The van der Waals surface area contributed by atoms with Crippen LogP contribution < -0.4 is 5.32 Å². The van der Waals surface area contributed by atoms with Gasteiger partial charge in [0.1, 0.15) is 0 Å². The highest BCUT2D eigenvalue weighted by atomic mass is 16.4. The number of rotatable bonds is 3. The van der Waals surface area contributed by atoms with Gasteiger partial charge in [-0.3, -0.25) is 4.79 Å². The molecule has 0 bridgehead atoms. The minimum atomic E-state index is -0.799. The van der Waals surface area contributed by atoms with Gasteiger partial charge in [0.2, 0.25) is 0 Å². The Morgan fingerprint density at radius 2 is 2.24 bits per heavy atom. The lowest BCUT2D eigenvalue weighted by Crippen LogP contribution is -2.45. The predicted molar refractivity (Wildman–Crippen MR) is 62.6 cm³/mol. The van der Waals surface area contributed by atoms with Crippen LogP contribution in [0, 0.1) is 5.41 Å². The van der Waals surface area contributed by atoms with E-state index in [-0.39, 0.29) is 12.6 Å². The minimum absolute atomic E-state index is 0.152. The van der Waals surface area contributed by atoms with Crippen molar-refractivity contribution in [3.8, 4) is 0 Å². The van der Waals surface area contributed by atoms with Gasteiger partial charge in [-0.1, -0.05) is 11.6 Å². The molecule has 2 aliphatic rings. The van der Waals surface area contributed by atoms with Crippen molar-refractivity contribution in [2.24, 2.45) is 5.41 Å². The van der Waals surface area contributed by atoms with Crippen molar-refractivity contribution < 1.29 is 14.7 Å². The molecule has 1 heterocycles. The van der Waals surface area contributed by atoms with E-state index in [1.54, 1.807) is 4.90 Å². The third kappa shape index (κ3) is 2.60. The fourth-order valence-electron chi connectivity index (χ4n) is 1.93. The highest BCUT2D eigenvalue weighted by Crippen LogP contribution is 2.45. The maximum Gasteiger partial charge on any atom is 0.317 e. The molecule has 0 spiro atoms. The molecular weight excluding hydrogens is 220 g/mol. The SMILES string of the molecule is CC1=CCN(C(=O)NCC2(C(=O)O)CC2)CC1. The molecular formula is C12H18N2O3. The van der Waals surface area contributed by atoms with E-state index in [0.717, 1.165) is 6.42 Å². The summed E-state index contributed by atoms with van der Waals surface area (Å²) in [6.07, 6.45) is 4.27. The molecule has 0 atom stereocenters. The zero-order valence-corrected chi connectivity index (χ0v) is 10.0. The third-order valence-corrected chi connectivity index (χ3v) is 3.61. The molecule has 1 fully saturated rings. The number of hydrogen-bond acceptors (Lipinski definition) is 2. The summed E-state index contributed by atoms with van der Waals surface area (Å²) in [5, 5.41) is 11.7. The highest BCUT2D eigenvalue weighted by Gasteiger charge is 2.50. The van der Waals surface area contributed by atoms with Gasteiger partial charge in [-0.05, 0) is 26.2 Å². The Kier molecular flexibility index (Phi) is 3.09. The van der Waals surface area contributed by atoms with Crippen LogP contribution in [0.3, 0.4) is 0 Å². The second-order valence-corrected chi connectivity index (χ2v) is 4.99. The Morgan fingerprint density at radius 3 is 2.71 bits per heavy atom. The topological polar surface area (TPSA) is 69.6 Å². The second-order valence-electron chi connectivity index (χ2n) is 4.99. The van der Waals surface area contributed by atoms with Crippen molar-refractivity contribution in [1.29, 1.82) is 0 Å². The first-order chi connectivity index (χ1) is 8.03. The molecule has 0 radical (unpaired) electrons. The molecule has 0 aromatic carbocycles. The van der Waals surface area contributed by atoms with Crippen LogP contribution in [0.4, 0.5) is 4.79 Å². The lowest BCUT2D eigenvalue weighted by atomic mass is 10.1. The maximum atomic E-state index is 11.8. The number of amides is 2. The zero-order valence-electron chi connectivity index (χ0n) is 10.0. The van der Waals surface area contributed by atoms with Crippen LogP contribution in [0.1, 0.15) is 26.2 Å². The van der Waals surface area contributed by atoms with Gasteiger partial charge in [-0.25, -0.2) is 4.79 Å². The molecule has 1 aliphatic heterocycles. The molecule has 1 aliphatic carbocycles. The fraction of sp³-hybridized carbons (Fsp3) is 0.667. The first-order valence-electron chi connectivity index (χ1n) is 5.95. The Hall–Kier alpha value is -1.52. The molecule has 0 aromatic heterocycles. The summed E-state index contributed by atoms with van der Waals surface area (Å²) in [5.41, 5.74) is 0.621. The molecule has 17 heavy (non-hydrogen) atoms. The van der Waals surface area contributed by atoms with Gasteiger partial charge in [0.25, 0.3) is 0 Å². The van der Waals surface area contributed by atoms with Gasteiger partial charge in [-0.2, -0.15) is 0 Å². The van der Waals surface area contributed by atoms with Crippen LogP contribution in [0.2, 0.25) is 0 Å². The number of urea groups is 1. The Morgan fingerprint density at radius 1 is 1.53 bits per heavy atom. The van der Waals surface area contributed by atoms with E-state index in [2.05, 4.69) is 12.2 Å². The lowest BCUT2D eigenvalue weighted by molar-refractivity contribution is -0.143. The molecule has 0 saturated heterocycles. The van der Waals surface area contributed by atoms with Gasteiger partial charge < -0.3 is 15.3 Å². The first kappa shape index (κ1) is 12.0. The lowest BCUT2D eigenvalue weighted by Gasteiger charge is -2.26. The van der Waals surface area contributed by atoms with Crippen molar-refractivity contribution in [3.63, 3.8) is 0 Å². The molecule has 1 saturated carbocycles. The molecule has 5 heteroatoms. The Balaban J connectivity index is 1.80. The van der Waals surface area contributed by atoms with Gasteiger partial charge in [0, 0.05) is 19.6 Å². The van der Waals surface area contributed by atoms with Gasteiger partial charge in [0.15, 0.2) is 0 Å². The van der Waals surface area contributed by atoms with E-state index in [0.29, 0.717) is 25.9 Å². The van der Waals surface area contributed by atoms with Crippen LogP contribution in [0.5, 0.6) is 0 Å². The molecule has 0 aromatic rings. The maximum absolute atomic E-state index is 11.8. The molecule has 0 unspecified atom stereocenters. The summed E-state index contributed by atoms with van der Waals surface area (Å²) < 4.78 is 0. The van der Waals surface area contributed by atoms with E-state index in [4.69, 9.17) is 5.11 Å². The summed E-state index contributed by atoms with van der Waals surface area (Å²) in [5.74, 6) is -0.799. The van der Waals surface area contributed by atoms with E-state index in [9.17, 15) is 9.59 Å². The summed E-state index contributed by atoms with van der Waals surface area (Å²) in [6, 6.07) is -0.152. The van der Waals surface area contributed by atoms with Crippen LogP contribution >= 0.6 is 0 Å². The van der Waals surface area contributed by atoms with Gasteiger partial charge >= 0.3 is 12.0 Å². The van der Waals surface area contributed by atoms with Crippen molar-refractivity contribution in [2.45, 2.75) is 26.2 Å². The number of carboxylic acid groups (broad SMARTS) is 1. The smallest absolute Gasteiger partial charge is 0.317 e. The summed E-state index contributed by atoms with van der Waals surface area (Å²) in [4.78, 5) is 24.4. The normalized spacial score (nSPS) is 21.7. The second kappa shape index (κ2) is 4.39. The summed E-state index contributed by atoms with van der Waals surface area (Å²) in [6.45, 7) is 3.64. The van der Waals surface area contributed by atoms with E-state index in [1.165, 1.54) is 5.57 Å². The first-order valence-corrected chi connectivity index (χ1v) is 5.95. The number of nitrogens with zero attached hydrogens (tertiary/aromatic N) is 1. The minimum Gasteiger partial charge on any atom is -0.481 e. The third-order valence-electron chi connectivity index (χ3n) is 3.61. The number of carbonyl (C=O) groups is 2. The number of carbonyl (C=O) groups excluding carboxylic acids is 1. The Labute approximate surface area is 100 Å². The van der Waals surface area contributed by atoms with Gasteiger partial charge in [-0.15, -0.1) is 0 Å². The average molecular weight is 238 g/mol. The standard InChI is InChI=1S/C12H18N2O3/c1-9-2-6-14(7-3-9)11(17)13-8-12(4-5-12)10(15)16/h2H,3-8H2,1H3,(H,13,17)(H,15,16).